The molecule has 2 unspecified atom stereocenters. The summed E-state index contributed by atoms with van der Waals surface area (Å²) < 4.78 is 5.99. The van der Waals surface area contributed by atoms with Crippen LogP contribution in [-0.2, 0) is 9.59 Å². The fourth-order valence-electron chi connectivity index (χ4n) is 3.68. The zero-order valence-corrected chi connectivity index (χ0v) is 16.8. The van der Waals surface area contributed by atoms with E-state index in [0.29, 0.717) is 30.2 Å². The van der Waals surface area contributed by atoms with Crippen LogP contribution in [0.1, 0.15) is 24.9 Å². The maximum Gasteiger partial charge on any atom is 0.239 e. The van der Waals surface area contributed by atoms with Crippen LogP contribution in [0, 0.1) is 5.92 Å². The van der Waals surface area contributed by atoms with Crippen molar-refractivity contribution in [3.05, 3.63) is 90.5 Å². The lowest BCUT2D eigenvalue weighted by Crippen LogP contribution is -2.38. The van der Waals surface area contributed by atoms with E-state index in [4.69, 9.17) is 4.74 Å². The van der Waals surface area contributed by atoms with Gasteiger partial charge in [-0.3, -0.25) is 9.59 Å². The summed E-state index contributed by atoms with van der Waals surface area (Å²) in [5.74, 6) is 0.163. The number of ether oxygens (including phenoxy) is 1. The molecule has 1 aliphatic rings. The first kappa shape index (κ1) is 19.7. The summed E-state index contributed by atoms with van der Waals surface area (Å²) in [5, 5.41) is 2.98. The zero-order chi connectivity index (χ0) is 20.9. The molecule has 5 nitrogen and oxygen atoms in total. The number of para-hydroxylation sites is 3. The molecule has 3 aromatic carbocycles. The third-order valence-electron chi connectivity index (χ3n) is 5.31. The number of benzene rings is 3. The van der Waals surface area contributed by atoms with Crippen molar-refractivity contribution in [3.63, 3.8) is 0 Å². The van der Waals surface area contributed by atoms with Gasteiger partial charge >= 0.3 is 0 Å². The Kier molecular flexibility index (Phi) is 5.80. The minimum absolute atomic E-state index is 0.158. The third kappa shape index (κ3) is 4.20. The first-order valence-electron chi connectivity index (χ1n) is 10.1. The van der Waals surface area contributed by atoms with Crippen LogP contribution in [0.25, 0.3) is 0 Å². The number of carbonyl (C=O) groups excluding carboxylic acids is 2. The minimum atomic E-state index is -0.694. The predicted octanol–water partition coefficient (Wildman–Crippen LogP) is 4.71. The summed E-state index contributed by atoms with van der Waals surface area (Å²) in [4.78, 5) is 27.5. The van der Waals surface area contributed by atoms with Gasteiger partial charge < -0.3 is 15.0 Å². The van der Waals surface area contributed by atoms with Crippen molar-refractivity contribution in [2.24, 2.45) is 5.92 Å². The van der Waals surface area contributed by atoms with E-state index in [1.807, 2.05) is 91.9 Å². The van der Waals surface area contributed by atoms with Gasteiger partial charge in [-0.25, -0.2) is 0 Å². The number of hydrogen-bond acceptors (Lipinski definition) is 3. The van der Waals surface area contributed by atoms with Gasteiger partial charge in [0.25, 0.3) is 0 Å². The molecule has 0 aliphatic carbocycles. The molecule has 152 valence electrons. The molecule has 2 amide bonds. The fourth-order valence-corrected chi connectivity index (χ4v) is 3.68. The van der Waals surface area contributed by atoms with Crippen LogP contribution in [0.4, 0.5) is 5.69 Å². The lowest BCUT2D eigenvalue weighted by atomic mass is 10.0. The van der Waals surface area contributed by atoms with Gasteiger partial charge in [0.2, 0.25) is 11.8 Å². The number of carbonyl (C=O) groups is 2. The molecule has 4 rings (SSSR count). The summed E-state index contributed by atoms with van der Waals surface area (Å²) >= 11 is 0. The van der Waals surface area contributed by atoms with E-state index >= 15 is 0 Å². The average Bonchev–Trinajstić information content (AvgIpc) is 3.16. The molecular weight excluding hydrogens is 376 g/mol. The van der Waals surface area contributed by atoms with E-state index in [1.165, 1.54) is 0 Å². The number of rotatable bonds is 6. The number of amides is 2. The first-order chi connectivity index (χ1) is 14.6. The highest BCUT2D eigenvalue weighted by molar-refractivity contribution is 6.10. The Morgan fingerprint density at radius 2 is 1.60 bits per heavy atom. The van der Waals surface area contributed by atoms with Crippen molar-refractivity contribution in [2.75, 3.05) is 11.4 Å². The van der Waals surface area contributed by atoms with Crippen LogP contribution in [0.15, 0.2) is 84.9 Å². The molecular formula is C25H24N2O3. The molecule has 0 saturated carbocycles. The van der Waals surface area contributed by atoms with E-state index in [0.717, 1.165) is 5.56 Å². The number of anilines is 1. The molecule has 3 aromatic rings. The largest absolute Gasteiger partial charge is 0.455 e. The highest BCUT2D eigenvalue weighted by Crippen LogP contribution is 2.35. The Morgan fingerprint density at radius 3 is 2.33 bits per heavy atom. The summed E-state index contributed by atoms with van der Waals surface area (Å²) in [6.07, 6.45) is 0.478. The molecule has 1 heterocycles. The van der Waals surface area contributed by atoms with Gasteiger partial charge in [-0.2, -0.15) is 0 Å². The van der Waals surface area contributed by atoms with Crippen molar-refractivity contribution in [2.45, 2.75) is 19.4 Å². The van der Waals surface area contributed by atoms with Crippen molar-refractivity contribution >= 4 is 17.5 Å². The standard InChI is InChI=1S/C25H24N2O3/c1-18(19-10-4-2-5-11-19)26-24(28)21-16-17-27(25(21)29)22-14-8-9-15-23(22)30-20-12-6-3-7-13-20/h2-15,18,21H,16-17H2,1H3,(H,26,28). The van der Waals surface area contributed by atoms with E-state index in [2.05, 4.69) is 5.32 Å². The SMILES string of the molecule is CC(NC(=O)C1CCN(c2ccccc2Oc2ccccc2)C1=O)c1ccccc1. The van der Waals surface area contributed by atoms with E-state index < -0.39 is 5.92 Å². The van der Waals surface area contributed by atoms with Gasteiger partial charge in [-0.1, -0.05) is 60.7 Å². The molecule has 1 saturated heterocycles. The Bertz CT molecular complexity index is 1020. The predicted molar refractivity (Wildman–Crippen MR) is 116 cm³/mol. The summed E-state index contributed by atoms with van der Waals surface area (Å²) in [5.41, 5.74) is 1.69. The molecule has 1 N–H and O–H groups in total. The quantitative estimate of drug-likeness (QED) is 0.610. The van der Waals surface area contributed by atoms with Crippen LogP contribution >= 0.6 is 0 Å². The Balaban J connectivity index is 1.48. The second-order valence-corrected chi connectivity index (χ2v) is 7.35. The fraction of sp³-hybridized carbons (Fsp3) is 0.200. The topological polar surface area (TPSA) is 58.6 Å². The highest BCUT2D eigenvalue weighted by atomic mass is 16.5. The second kappa shape index (κ2) is 8.82. The highest BCUT2D eigenvalue weighted by Gasteiger charge is 2.39. The van der Waals surface area contributed by atoms with Crippen LogP contribution in [0.3, 0.4) is 0 Å². The van der Waals surface area contributed by atoms with Gasteiger partial charge in [-0.15, -0.1) is 0 Å². The van der Waals surface area contributed by atoms with Crippen LogP contribution in [-0.4, -0.2) is 18.4 Å². The molecule has 0 radical (unpaired) electrons. The molecule has 2 atom stereocenters. The monoisotopic (exact) mass is 400 g/mol. The van der Waals surface area contributed by atoms with Crippen LogP contribution in [0.2, 0.25) is 0 Å². The van der Waals surface area contributed by atoms with Crippen molar-refractivity contribution in [1.29, 1.82) is 0 Å². The second-order valence-electron chi connectivity index (χ2n) is 7.35. The van der Waals surface area contributed by atoms with Crippen LogP contribution in [0.5, 0.6) is 11.5 Å². The third-order valence-corrected chi connectivity index (χ3v) is 5.31. The van der Waals surface area contributed by atoms with Gasteiger partial charge in [0.15, 0.2) is 5.75 Å². The number of nitrogens with zero attached hydrogens (tertiary/aromatic N) is 1. The lowest BCUT2D eigenvalue weighted by molar-refractivity contribution is -0.132. The van der Waals surface area contributed by atoms with Crippen molar-refractivity contribution < 1.29 is 14.3 Å². The molecule has 1 aliphatic heterocycles. The van der Waals surface area contributed by atoms with Crippen molar-refractivity contribution in [3.8, 4) is 11.5 Å². The molecule has 5 heteroatoms. The van der Waals surface area contributed by atoms with E-state index in [1.54, 1.807) is 4.90 Å². The molecule has 30 heavy (non-hydrogen) atoms. The van der Waals surface area contributed by atoms with E-state index in [-0.39, 0.29) is 17.9 Å². The van der Waals surface area contributed by atoms with Crippen LogP contribution < -0.4 is 15.0 Å². The zero-order valence-electron chi connectivity index (χ0n) is 16.8. The summed E-state index contributed by atoms with van der Waals surface area (Å²) in [6, 6.07) is 26.4. The molecule has 0 aromatic heterocycles. The maximum atomic E-state index is 13.1. The maximum absolute atomic E-state index is 13.1. The normalized spacial score (nSPS) is 16.9. The number of hydrogen-bond donors (Lipinski definition) is 1. The molecule has 0 bridgehead atoms. The smallest absolute Gasteiger partial charge is 0.239 e. The van der Waals surface area contributed by atoms with Gasteiger partial charge in [-0.05, 0) is 43.2 Å². The van der Waals surface area contributed by atoms with E-state index in [9.17, 15) is 9.59 Å². The lowest BCUT2D eigenvalue weighted by Gasteiger charge is -2.21. The Hall–Kier alpha value is -3.60. The summed E-state index contributed by atoms with van der Waals surface area (Å²) in [6.45, 7) is 2.40. The number of nitrogens with one attached hydrogen (secondary N) is 1. The first-order valence-corrected chi connectivity index (χ1v) is 10.1. The van der Waals surface area contributed by atoms with Crippen molar-refractivity contribution in [1.82, 2.24) is 5.32 Å². The van der Waals surface area contributed by atoms with Gasteiger partial charge in [0.05, 0.1) is 11.7 Å². The minimum Gasteiger partial charge on any atom is -0.455 e. The average molecular weight is 400 g/mol. The van der Waals surface area contributed by atoms with Gasteiger partial charge in [0.1, 0.15) is 11.7 Å². The molecule has 1 fully saturated rings. The summed E-state index contributed by atoms with van der Waals surface area (Å²) in [7, 11) is 0. The van der Waals surface area contributed by atoms with Gasteiger partial charge in [0, 0.05) is 6.54 Å². The Morgan fingerprint density at radius 1 is 0.967 bits per heavy atom. The molecule has 0 spiro atoms. The Labute approximate surface area is 176 Å².